The Morgan fingerprint density at radius 1 is 1.43 bits per heavy atom. The first-order valence-corrected chi connectivity index (χ1v) is 7.96. The lowest BCUT2D eigenvalue weighted by Gasteiger charge is -2.33. The van der Waals surface area contributed by atoms with Crippen LogP contribution in [0.1, 0.15) is 37.0 Å². The number of aliphatic hydroxyl groups is 1. The second-order valence-corrected chi connectivity index (χ2v) is 6.68. The summed E-state index contributed by atoms with van der Waals surface area (Å²) in [4.78, 5) is 14.7. The molecule has 122 valence electrons. The number of carbonyl (C=O) groups excluding carboxylic acids is 1. The Balaban J connectivity index is 1.82. The fourth-order valence-electron chi connectivity index (χ4n) is 3.02. The molecule has 1 aromatic heterocycles. The highest BCUT2D eigenvalue weighted by molar-refractivity contribution is 7.71. The molecule has 2 N–H and O–H groups in total. The zero-order valence-corrected chi connectivity index (χ0v) is 13.9. The minimum atomic E-state index is -0.903. The molecule has 3 rings (SSSR count). The molecular weight excluding hydrogens is 314 g/mol. The molecule has 2 aromatic rings. The van der Waals surface area contributed by atoms with E-state index < -0.39 is 5.60 Å². The molecule has 23 heavy (non-hydrogen) atoms. The van der Waals surface area contributed by atoms with E-state index in [1.165, 1.54) is 0 Å². The van der Waals surface area contributed by atoms with Gasteiger partial charge in [-0.2, -0.15) is 0 Å². The number of hydrogen-bond donors (Lipinski definition) is 2. The molecule has 0 aliphatic carbocycles. The summed E-state index contributed by atoms with van der Waals surface area (Å²) in [6.07, 6.45) is 1.73. The molecule has 0 bridgehead atoms. The lowest BCUT2D eigenvalue weighted by Crippen LogP contribution is -2.48. The van der Waals surface area contributed by atoms with Gasteiger partial charge in [0.25, 0.3) is 10.7 Å². The molecule has 1 aliphatic heterocycles. The van der Waals surface area contributed by atoms with Crippen molar-refractivity contribution in [2.75, 3.05) is 6.54 Å². The van der Waals surface area contributed by atoms with Crippen molar-refractivity contribution in [3.63, 3.8) is 0 Å². The van der Waals surface area contributed by atoms with Crippen molar-refractivity contribution >= 4 is 18.1 Å². The molecule has 1 aliphatic rings. The average Bonchev–Trinajstić information content (AvgIpc) is 3.15. The molecule has 0 unspecified atom stereocenters. The summed E-state index contributed by atoms with van der Waals surface area (Å²) >= 11 is 4.85. The lowest BCUT2D eigenvalue weighted by atomic mass is 9.96. The SMILES string of the molecule is CC(C)(O)[C@H]1CCCN1C(=O)c1ccc(-c2n[nH]c(=S)o2)cc1. The van der Waals surface area contributed by atoms with Crippen LogP contribution in [0.5, 0.6) is 0 Å². The van der Waals surface area contributed by atoms with Crippen molar-refractivity contribution < 1.29 is 14.3 Å². The number of nitrogens with one attached hydrogen (secondary N) is 1. The van der Waals surface area contributed by atoms with Gasteiger partial charge in [-0.05, 0) is 63.2 Å². The first-order valence-electron chi connectivity index (χ1n) is 7.55. The first kappa shape index (κ1) is 15.9. The molecule has 1 amide bonds. The summed E-state index contributed by atoms with van der Waals surface area (Å²) in [5.41, 5.74) is 0.424. The Kier molecular flexibility index (Phi) is 4.08. The zero-order chi connectivity index (χ0) is 16.6. The topological polar surface area (TPSA) is 82.4 Å². The van der Waals surface area contributed by atoms with Gasteiger partial charge in [-0.3, -0.25) is 4.79 Å². The van der Waals surface area contributed by atoms with Crippen LogP contribution in [-0.4, -0.2) is 44.3 Å². The second kappa shape index (κ2) is 5.90. The number of amides is 1. The summed E-state index contributed by atoms with van der Waals surface area (Å²) in [5.74, 6) is 0.327. The molecule has 0 saturated carbocycles. The van der Waals surface area contributed by atoms with Gasteiger partial charge >= 0.3 is 0 Å². The number of aromatic nitrogens is 2. The van der Waals surface area contributed by atoms with Crippen LogP contribution in [0.2, 0.25) is 0 Å². The zero-order valence-electron chi connectivity index (χ0n) is 13.1. The third-order valence-electron chi connectivity index (χ3n) is 4.15. The van der Waals surface area contributed by atoms with Gasteiger partial charge in [0.05, 0.1) is 11.6 Å². The maximum Gasteiger partial charge on any atom is 0.284 e. The maximum atomic E-state index is 12.7. The highest BCUT2D eigenvalue weighted by Crippen LogP contribution is 2.28. The van der Waals surface area contributed by atoms with Gasteiger partial charge in [0.2, 0.25) is 5.89 Å². The van der Waals surface area contributed by atoms with Crippen LogP contribution >= 0.6 is 12.2 Å². The van der Waals surface area contributed by atoms with Gasteiger partial charge < -0.3 is 14.4 Å². The quantitative estimate of drug-likeness (QED) is 0.844. The van der Waals surface area contributed by atoms with E-state index in [-0.39, 0.29) is 16.8 Å². The number of hydrogen-bond acceptors (Lipinski definition) is 5. The van der Waals surface area contributed by atoms with E-state index >= 15 is 0 Å². The highest BCUT2D eigenvalue weighted by atomic mass is 32.1. The summed E-state index contributed by atoms with van der Waals surface area (Å²) in [7, 11) is 0. The monoisotopic (exact) mass is 333 g/mol. The van der Waals surface area contributed by atoms with Crippen molar-refractivity contribution in [1.29, 1.82) is 0 Å². The van der Waals surface area contributed by atoms with Gasteiger partial charge in [-0.25, -0.2) is 5.10 Å². The molecule has 2 heterocycles. The van der Waals surface area contributed by atoms with Crippen LogP contribution in [0.4, 0.5) is 0 Å². The first-order chi connectivity index (χ1) is 10.9. The van der Waals surface area contributed by atoms with Crippen LogP contribution in [-0.2, 0) is 0 Å². The number of carbonyl (C=O) groups is 1. The van der Waals surface area contributed by atoms with Crippen LogP contribution in [0.15, 0.2) is 28.7 Å². The number of H-pyrrole nitrogens is 1. The Morgan fingerprint density at radius 3 is 2.70 bits per heavy atom. The third-order valence-corrected chi connectivity index (χ3v) is 4.32. The molecule has 1 fully saturated rings. The van der Waals surface area contributed by atoms with Gasteiger partial charge in [0, 0.05) is 17.7 Å². The molecule has 6 nitrogen and oxygen atoms in total. The molecule has 7 heteroatoms. The van der Waals surface area contributed by atoms with E-state index in [1.54, 1.807) is 43.0 Å². The third kappa shape index (κ3) is 3.20. The predicted molar refractivity (Wildman–Crippen MR) is 87.5 cm³/mol. The second-order valence-electron chi connectivity index (χ2n) is 6.31. The average molecular weight is 333 g/mol. The van der Waals surface area contributed by atoms with E-state index in [9.17, 15) is 9.90 Å². The van der Waals surface area contributed by atoms with Gasteiger partial charge in [-0.1, -0.05) is 0 Å². The molecule has 0 radical (unpaired) electrons. The lowest BCUT2D eigenvalue weighted by molar-refractivity contribution is 0.000337. The molecule has 1 saturated heterocycles. The molecular formula is C16H19N3O3S. The van der Waals surface area contributed by atoms with Crippen LogP contribution in [0, 0.1) is 4.84 Å². The minimum Gasteiger partial charge on any atom is -0.409 e. The molecule has 1 atom stereocenters. The summed E-state index contributed by atoms with van der Waals surface area (Å²) < 4.78 is 5.25. The van der Waals surface area contributed by atoms with Crippen molar-refractivity contribution in [2.45, 2.75) is 38.3 Å². The number of benzene rings is 1. The molecule has 0 spiro atoms. The summed E-state index contributed by atoms with van der Waals surface area (Å²) in [5, 5.41) is 16.8. The normalized spacial score (nSPS) is 18.4. The highest BCUT2D eigenvalue weighted by Gasteiger charge is 2.38. The van der Waals surface area contributed by atoms with Gasteiger partial charge in [0.15, 0.2) is 0 Å². The fraction of sp³-hybridized carbons (Fsp3) is 0.438. The van der Waals surface area contributed by atoms with Crippen molar-refractivity contribution in [3.05, 3.63) is 34.7 Å². The largest absolute Gasteiger partial charge is 0.409 e. The van der Waals surface area contributed by atoms with Crippen molar-refractivity contribution in [3.8, 4) is 11.5 Å². The Hall–Kier alpha value is -1.99. The van der Waals surface area contributed by atoms with E-state index in [4.69, 9.17) is 16.6 Å². The van der Waals surface area contributed by atoms with Crippen LogP contribution in [0.3, 0.4) is 0 Å². The number of aromatic amines is 1. The number of likely N-dealkylation sites (tertiary alicyclic amines) is 1. The molecule has 1 aromatic carbocycles. The van der Waals surface area contributed by atoms with E-state index in [0.717, 1.165) is 18.4 Å². The van der Waals surface area contributed by atoms with E-state index in [2.05, 4.69) is 10.2 Å². The predicted octanol–water partition coefficient (Wildman–Crippen LogP) is 2.77. The van der Waals surface area contributed by atoms with Crippen LogP contribution < -0.4 is 0 Å². The Morgan fingerprint density at radius 2 is 2.13 bits per heavy atom. The van der Waals surface area contributed by atoms with Gasteiger partial charge in [-0.15, -0.1) is 5.10 Å². The smallest absolute Gasteiger partial charge is 0.284 e. The number of rotatable bonds is 3. The van der Waals surface area contributed by atoms with E-state index in [0.29, 0.717) is 18.0 Å². The van der Waals surface area contributed by atoms with Crippen molar-refractivity contribution in [2.24, 2.45) is 0 Å². The summed E-state index contributed by atoms with van der Waals surface area (Å²) in [6, 6.07) is 6.88. The van der Waals surface area contributed by atoms with E-state index in [1.807, 2.05) is 0 Å². The summed E-state index contributed by atoms with van der Waals surface area (Å²) in [6.45, 7) is 4.17. The Bertz CT molecular complexity index is 758. The van der Waals surface area contributed by atoms with Crippen LogP contribution in [0.25, 0.3) is 11.5 Å². The minimum absolute atomic E-state index is 0.0656. The fourth-order valence-corrected chi connectivity index (χ4v) is 3.14. The maximum absolute atomic E-state index is 12.7. The van der Waals surface area contributed by atoms with Gasteiger partial charge in [0.1, 0.15) is 0 Å². The number of nitrogens with zero attached hydrogens (tertiary/aromatic N) is 2. The Labute approximate surface area is 139 Å². The standard InChI is InChI=1S/C16H19N3O3S/c1-16(2,21)12-4-3-9-19(12)14(20)11-7-5-10(6-8-11)13-17-18-15(23)22-13/h5-8,12,21H,3-4,9H2,1-2H3,(H,18,23)/t12-/m1/s1. The van der Waals surface area contributed by atoms with Crippen molar-refractivity contribution in [1.82, 2.24) is 15.1 Å².